The molecule has 6 heteroatoms. The summed E-state index contributed by atoms with van der Waals surface area (Å²) in [4.78, 5) is 14.6. The second-order valence-electron chi connectivity index (χ2n) is 7.85. The molecule has 2 aromatic rings. The molecule has 1 unspecified atom stereocenters. The smallest absolute Gasteiger partial charge is 0.172 e. The number of methoxy groups -OCH3 is 2. The van der Waals surface area contributed by atoms with Crippen molar-refractivity contribution >= 4 is 17.1 Å². The van der Waals surface area contributed by atoms with Crippen LogP contribution in [-0.2, 0) is 12.8 Å². The second-order valence-corrected chi connectivity index (χ2v) is 8.99. The van der Waals surface area contributed by atoms with Gasteiger partial charge >= 0.3 is 0 Å². The average molecular weight is 420 g/mol. The first-order valence-corrected chi connectivity index (χ1v) is 10.8. The number of aryl methyl sites for hydroxylation is 3. The summed E-state index contributed by atoms with van der Waals surface area (Å²) in [5.74, 6) is 1.66. The number of ether oxygens (including phenoxy) is 2. The Morgan fingerprint density at radius 3 is 2.52 bits per heavy atom. The molecule has 0 spiro atoms. The lowest BCUT2D eigenvalue weighted by Crippen LogP contribution is -2.40. The zero-order valence-corrected chi connectivity index (χ0v) is 18.7. The zero-order chi connectivity index (χ0) is 21.4. The molecule has 0 aliphatic carbocycles. The first kappa shape index (κ1) is 23.4. The minimum absolute atomic E-state index is 0.0384. The van der Waals surface area contributed by atoms with Gasteiger partial charge in [-0.1, -0.05) is 6.07 Å². The Labute approximate surface area is 177 Å². The predicted molar refractivity (Wildman–Crippen MR) is 118 cm³/mol. The number of hydrogen-bond acceptors (Lipinski definition) is 6. The van der Waals surface area contributed by atoms with Crippen molar-refractivity contribution in [3.05, 3.63) is 45.1 Å². The highest BCUT2D eigenvalue weighted by atomic mass is 32.1. The minimum atomic E-state index is -0.579. The van der Waals surface area contributed by atoms with Gasteiger partial charge in [0.05, 0.1) is 25.7 Å². The minimum Gasteiger partial charge on any atom is -0.493 e. The summed E-state index contributed by atoms with van der Waals surface area (Å²) in [6, 6.07) is 7.94. The van der Waals surface area contributed by atoms with E-state index in [4.69, 9.17) is 15.2 Å². The Bertz CT molecular complexity index is 813. The zero-order valence-electron chi connectivity index (χ0n) is 17.9. The van der Waals surface area contributed by atoms with Crippen molar-refractivity contribution in [1.82, 2.24) is 0 Å². The third-order valence-corrected chi connectivity index (χ3v) is 6.48. The first-order chi connectivity index (χ1) is 13.8. The lowest BCUT2D eigenvalue weighted by atomic mass is 9.97. The fourth-order valence-corrected chi connectivity index (χ4v) is 4.30. The predicted octanol–water partition coefficient (Wildman–Crippen LogP) is 4.31. The van der Waals surface area contributed by atoms with Gasteiger partial charge in [0.1, 0.15) is 0 Å². The Kier molecular flexibility index (Phi) is 8.68. The lowest BCUT2D eigenvalue weighted by Gasteiger charge is -2.21. The number of carbonyl (C=O) groups excluding carboxylic acids is 1. The normalized spacial score (nSPS) is 13.2. The van der Waals surface area contributed by atoms with Gasteiger partial charge in [0.2, 0.25) is 0 Å². The van der Waals surface area contributed by atoms with E-state index in [2.05, 4.69) is 0 Å². The molecule has 0 aliphatic heterocycles. The van der Waals surface area contributed by atoms with Crippen LogP contribution in [0.2, 0.25) is 0 Å². The molecule has 3 N–H and O–H groups in total. The number of unbranched alkanes of at least 4 members (excludes halogenated alkanes) is 1. The summed E-state index contributed by atoms with van der Waals surface area (Å²) in [6.45, 7) is 3.84. The van der Waals surface area contributed by atoms with E-state index in [0.29, 0.717) is 12.8 Å². The Morgan fingerprint density at radius 1 is 1.14 bits per heavy atom. The third-order valence-electron chi connectivity index (χ3n) is 5.15. The molecule has 1 heterocycles. The van der Waals surface area contributed by atoms with Gasteiger partial charge in [-0.05, 0) is 75.3 Å². The summed E-state index contributed by atoms with van der Waals surface area (Å²) in [7, 11) is 3.26. The number of ketones is 1. The van der Waals surface area contributed by atoms with Crippen LogP contribution in [0.4, 0.5) is 0 Å². The molecule has 5 nitrogen and oxygen atoms in total. The van der Waals surface area contributed by atoms with E-state index in [0.717, 1.165) is 47.6 Å². The molecule has 0 bridgehead atoms. The van der Waals surface area contributed by atoms with Crippen LogP contribution in [0.5, 0.6) is 11.5 Å². The van der Waals surface area contributed by atoms with Crippen LogP contribution in [0.1, 0.15) is 58.3 Å². The quantitative estimate of drug-likeness (QED) is 0.396. The molecule has 1 aromatic carbocycles. The molecule has 160 valence electrons. The van der Waals surface area contributed by atoms with Crippen molar-refractivity contribution in [2.24, 2.45) is 5.73 Å². The molecule has 0 amide bonds. The van der Waals surface area contributed by atoms with Gasteiger partial charge in [0.15, 0.2) is 17.3 Å². The van der Waals surface area contributed by atoms with Crippen molar-refractivity contribution in [3.8, 4) is 11.5 Å². The maximum atomic E-state index is 12.6. The molecular formula is C23H33NO4S. The van der Waals surface area contributed by atoms with Crippen LogP contribution in [0.3, 0.4) is 0 Å². The summed E-state index contributed by atoms with van der Waals surface area (Å²) in [6.07, 6.45) is 4.74. The topological polar surface area (TPSA) is 81.8 Å². The average Bonchev–Trinajstić information content (AvgIpc) is 3.10. The Balaban J connectivity index is 1.83. The van der Waals surface area contributed by atoms with Gasteiger partial charge < -0.3 is 20.3 Å². The van der Waals surface area contributed by atoms with Crippen molar-refractivity contribution < 1.29 is 19.4 Å². The van der Waals surface area contributed by atoms with Crippen LogP contribution >= 0.6 is 11.3 Å². The number of aliphatic hydroxyl groups excluding tert-OH is 1. The fraction of sp³-hybridized carbons (Fsp3) is 0.522. The van der Waals surface area contributed by atoms with Crippen LogP contribution in [0.15, 0.2) is 24.3 Å². The van der Waals surface area contributed by atoms with Crippen molar-refractivity contribution in [2.45, 2.75) is 57.9 Å². The highest BCUT2D eigenvalue weighted by molar-refractivity contribution is 7.14. The number of aliphatic hydroxyl groups is 1. The molecule has 0 saturated carbocycles. The summed E-state index contributed by atoms with van der Waals surface area (Å²) >= 11 is 1.57. The van der Waals surface area contributed by atoms with Crippen LogP contribution in [0, 0.1) is 6.92 Å². The number of Topliss-reactive ketones (excluding diaryl/α,β-unsaturated/α-hetero) is 1. The van der Waals surface area contributed by atoms with E-state index in [9.17, 15) is 9.90 Å². The van der Waals surface area contributed by atoms with E-state index in [1.165, 1.54) is 10.4 Å². The second kappa shape index (κ2) is 10.8. The lowest BCUT2D eigenvalue weighted by molar-refractivity contribution is 0.0983. The molecule has 29 heavy (non-hydrogen) atoms. The molecule has 0 saturated heterocycles. The highest BCUT2D eigenvalue weighted by Crippen LogP contribution is 2.29. The summed E-state index contributed by atoms with van der Waals surface area (Å²) in [5.41, 5.74) is 7.75. The molecular weight excluding hydrogens is 386 g/mol. The van der Waals surface area contributed by atoms with Gasteiger partial charge in [-0.15, -0.1) is 11.3 Å². The van der Waals surface area contributed by atoms with E-state index in [1.807, 2.05) is 38.1 Å². The van der Waals surface area contributed by atoms with Gasteiger partial charge in [0, 0.05) is 16.8 Å². The maximum Gasteiger partial charge on any atom is 0.172 e. The third kappa shape index (κ3) is 6.84. The molecule has 0 aliphatic rings. The number of benzene rings is 1. The first-order valence-electron chi connectivity index (χ1n) is 10.0. The Hall–Kier alpha value is -1.89. The summed E-state index contributed by atoms with van der Waals surface area (Å²) < 4.78 is 10.6. The van der Waals surface area contributed by atoms with Crippen molar-refractivity contribution in [1.29, 1.82) is 0 Å². The summed E-state index contributed by atoms with van der Waals surface area (Å²) in [5, 5.41) is 9.30. The van der Waals surface area contributed by atoms with E-state index >= 15 is 0 Å². The van der Waals surface area contributed by atoms with Crippen molar-refractivity contribution in [2.75, 3.05) is 20.8 Å². The van der Waals surface area contributed by atoms with Crippen LogP contribution < -0.4 is 15.2 Å². The number of nitrogens with two attached hydrogens (primary N) is 1. The molecule has 0 fully saturated rings. The SMILES string of the molecule is COc1ccc(CCCCC(=O)c2cc(C)c(CCC(C)(N)CO)s2)cc1OC. The number of hydrogen-bond donors (Lipinski definition) is 2. The van der Waals surface area contributed by atoms with Gasteiger partial charge in [-0.3, -0.25) is 4.79 Å². The highest BCUT2D eigenvalue weighted by Gasteiger charge is 2.19. The Morgan fingerprint density at radius 2 is 1.86 bits per heavy atom. The maximum absolute atomic E-state index is 12.6. The fourth-order valence-electron chi connectivity index (χ4n) is 3.16. The van der Waals surface area contributed by atoms with E-state index in [1.54, 1.807) is 25.6 Å². The largest absolute Gasteiger partial charge is 0.493 e. The van der Waals surface area contributed by atoms with E-state index < -0.39 is 5.54 Å². The van der Waals surface area contributed by atoms with E-state index in [-0.39, 0.29) is 12.4 Å². The van der Waals surface area contributed by atoms with Crippen molar-refractivity contribution in [3.63, 3.8) is 0 Å². The van der Waals surface area contributed by atoms with Gasteiger partial charge in [-0.2, -0.15) is 0 Å². The molecule has 1 aromatic heterocycles. The van der Waals surface area contributed by atoms with Gasteiger partial charge in [-0.25, -0.2) is 0 Å². The molecule has 1 atom stereocenters. The van der Waals surface area contributed by atoms with Crippen LogP contribution in [0.25, 0.3) is 0 Å². The number of thiophene rings is 1. The van der Waals surface area contributed by atoms with Crippen LogP contribution in [-0.4, -0.2) is 37.3 Å². The number of rotatable bonds is 12. The molecule has 0 radical (unpaired) electrons. The molecule has 2 rings (SSSR count). The van der Waals surface area contributed by atoms with Gasteiger partial charge in [0.25, 0.3) is 0 Å². The standard InChI is InChI=1S/C23H33NO4S/c1-16-13-22(29-21(16)11-12-23(2,24)15-25)18(26)8-6-5-7-17-9-10-19(27-3)20(14-17)28-4/h9-10,13-14,25H,5-8,11-12,15,24H2,1-4H3. The number of carbonyl (C=O) groups is 1. The monoisotopic (exact) mass is 419 g/mol.